The van der Waals surface area contributed by atoms with Gasteiger partial charge in [-0.3, -0.25) is 9.69 Å². The van der Waals surface area contributed by atoms with Gasteiger partial charge >= 0.3 is 0 Å². The van der Waals surface area contributed by atoms with Crippen LogP contribution in [0.4, 0.5) is 0 Å². The van der Waals surface area contributed by atoms with Crippen molar-refractivity contribution >= 4 is 15.9 Å². The van der Waals surface area contributed by atoms with Crippen LogP contribution in [0.5, 0.6) is 0 Å². The van der Waals surface area contributed by atoms with Crippen molar-refractivity contribution in [3.05, 3.63) is 30.3 Å². The molecule has 0 spiro atoms. The number of hydrogen-bond donors (Lipinski definition) is 1. The molecule has 0 aromatic heterocycles. The lowest BCUT2D eigenvalue weighted by atomic mass is 10.2. The Kier molecular flexibility index (Phi) is 4.97. The molecule has 1 fully saturated rings. The number of carbonyl (C=O) groups is 1. The lowest BCUT2D eigenvalue weighted by Crippen LogP contribution is -2.40. The summed E-state index contributed by atoms with van der Waals surface area (Å²) in [5, 5.41) is 0. The average Bonchev–Trinajstić information content (AvgIpc) is 2.81. The number of hydrogen-bond acceptors (Lipinski definition) is 4. The van der Waals surface area contributed by atoms with Crippen LogP contribution in [0.25, 0.3) is 0 Å². The number of rotatable bonds is 6. The molecule has 2 rings (SSSR count). The summed E-state index contributed by atoms with van der Waals surface area (Å²) in [7, 11) is 0.261. The topological polar surface area (TPSA) is 69.7 Å². The molecule has 21 heavy (non-hydrogen) atoms. The van der Waals surface area contributed by atoms with Gasteiger partial charge in [-0.15, -0.1) is 0 Å². The molecule has 1 amide bonds. The van der Waals surface area contributed by atoms with Crippen LogP contribution >= 0.6 is 0 Å². The first-order valence-electron chi connectivity index (χ1n) is 6.92. The Hall–Kier alpha value is -1.44. The molecule has 1 atom stereocenters. The van der Waals surface area contributed by atoms with Crippen LogP contribution in [0.2, 0.25) is 0 Å². The highest BCUT2D eigenvalue weighted by molar-refractivity contribution is 7.89. The molecular formula is C14H21N3O3S. The van der Waals surface area contributed by atoms with E-state index >= 15 is 0 Å². The molecule has 0 radical (unpaired) electrons. The molecule has 1 aromatic rings. The lowest BCUT2D eigenvalue weighted by Gasteiger charge is -2.20. The van der Waals surface area contributed by atoms with Gasteiger partial charge in [0.2, 0.25) is 15.9 Å². The fourth-order valence-corrected chi connectivity index (χ4v) is 3.46. The van der Waals surface area contributed by atoms with E-state index in [0.717, 1.165) is 6.42 Å². The fourth-order valence-electron chi connectivity index (χ4n) is 2.42. The average molecular weight is 311 g/mol. The Morgan fingerprint density at radius 2 is 1.95 bits per heavy atom. The van der Waals surface area contributed by atoms with E-state index in [1.165, 1.54) is 0 Å². The first-order valence-corrected chi connectivity index (χ1v) is 8.40. The fraction of sp³-hybridized carbons (Fsp3) is 0.500. The van der Waals surface area contributed by atoms with E-state index in [4.69, 9.17) is 0 Å². The number of benzene rings is 1. The third kappa shape index (κ3) is 3.81. The van der Waals surface area contributed by atoms with Crippen LogP contribution in [0.3, 0.4) is 0 Å². The van der Waals surface area contributed by atoms with Gasteiger partial charge in [-0.25, -0.2) is 13.1 Å². The molecule has 6 nitrogen and oxygen atoms in total. The second kappa shape index (κ2) is 6.55. The van der Waals surface area contributed by atoms with E-state index in [-0.39, 0.29) is 23.4 Å². The SMILES string of the molecule is CN(C)C1CCN(CCNS(=O)(=O)c2ccccc2)C1=O. The van der Waals surface area contributed by atoms with Crippen molar-refractivity contribution in [2.45, 2.75) is 17.4 Å². The number of nitrogens with one attached hydrogen (secondary N) is 1. The summed E-state index contributed by atoms with van der Waals surface area (Å²) < 4.78 is 26.6. The molecule has 1 aliphatic rings. The van der Waals surface area contributed by atoms with Crippen LogP contribution in [-0.2, 0) is 14.8 Å². The maximum absolute atomic E-state index is 12.1. The maximum Gasteiger partial charge on any atom is 0.240 e. The summed E-state index contributed by atoms with van der Waals surface area (Å²) in [5.41, 5.74) is 0. The van der Waals surface area contributed by atoms with Crippen molar-refractivity contribution in [3.8, 4) is 0 Å². The molecule has 0 saturated carbocycles. The Labute approximate surface area is 125 Å². The van der Waals surface area contributed by atoms with Gasteiger partial charge in [-0.1, -0.05) is 18.2 Å². The van der Waals surface area contributed by atoms with Crippen molar-refractivity contribution in [2.24, 2.45) is 0 Å². The molecule has 1 saturated heterocycles. The molecule has 0 bridgehead atoms. The van der Waals surface area contributed by atoms with Crippen LogP contribution in [-0.4, -0.2) is 63.9 Å². The van der Waals surface area contributed by atoms with Crippen LogP contribution < -0.4 is 4.72 Å². The molecule has 116 valence electrons. The standard InChI is InChI=1S/C14H21N3O3S/c1-16(2)13-8-10-17(14(13)18)11-9-15-21(19,20)12-6-4-3-5-7-12/h3-7,13,15H,8-11H2,1-2H3. The second-order valence-electron chi connectivity index (χ2n) is 5.30. The zero-order chi connectivity index (χ0) is 15.5. The molecule has 0 aliphatic carbocycles. The molecule has 1 unspecified atom stereocenters. The summed E-state index contributed by atoms with van der Waals surface area (Å²) in [6.07, 6.45) is 0.789. The minimum absolute atomic E-state index is 0.0684. The van der Waals surface area contributed by atoms with E-state index in [2.05, 4.69) is 4.72 Å². The van der Waals surface area contributed by atoms with Crippen LogP contribution in [0.1, 0.15) is 6.42 Å². The largest absolute Gasteiger partial charge is 0.340 e. The first kappa shape index (κ1) is 15.9. The number of likely N-dealkylation sites (N-methyl/N-ethyl adjacent to an activating group) is 1. The minimum Gasteiger partial charge on any atom is -0.340 e. The number of likely N-dealkylation sites (tertiary alicyclic amines) is 1. The van der Waals surface area contributed by atoms with E-state index < -0.39 is 10.0 Å². The van der Waals surface area contributed by atoms with Crippen LogP contribution in [0, 0.1) is 0 Å². The Morgan fingerprint density at radius 3 is 2.52 bits per heavy atom. The summed E-state index contributed by atoms with van der Waals surface area (Å²) in [4.78, 5) is 15.9. The van der Waals surface area contributed by atoms with Gasteiger partial charge in [0.25, 0.3) is 0 Å². The zero-order valence-corrected chi connectivity index (χ0v) is 13.1. The molecule has 7 heteroatoms. The molecule has 1 heterocycles. The minimum atomic E-state index is -3.50. The lowest BCUT2D eigenvalue weighted by molar-refractivity contribution is -0.131. The van der Waals surface area contributed by atoms with Crippen molar-refractivity contribution in [1.29, 1.82) is 0 Å². The van der Waals surface area contributed by atoms with E-state index in [1.54, 1.807) is 35.2 Å². The number of carbonyl (C=O) groups excluding carboxylic acids is 1. The normalized spacial score (nSPS) is 19.5. The number of nitrogens with zero attached hydrogens (tertiary/aromatic N) is 2. The number of sulfonamides is 1. The Morgan fingerprint density at radius 1 is 1.29 bits per heavy atom. The molecule has 1 aromatic carbocycles. The predicted octanol–water partition coefficient (Wildman–Crippen LogP) is 0.127. The molecular weight excluding hydrogens is 290 g/mol. The van der Waals surface area contributed by atoms with Gasteiger partial charge < -0.3 is 4.90 Å². The van der Waals surface area contributed by atoms with Crippen LogP contribution in [0.15, 0.2) is 35.2 Å². The highest BCUT2D eigenvalue weighted by Crippen LogP contribution is 2.14. The van der Waals surface area contributed by atoms with Crippen molar-refractivity contribution in [3.63, 3.8) is 0 Å². The van der Waals surface area contributed by atoms with Crippen molar-refractivity contribution in [1.82, 2.24) is 14.5 Å². The smallest absolute Gasteiger partial charge is 0.240 e. The third-order valence-electron chi connectivity index (χ3n) is 3.62. The number of amides is 1. The second-order valence-corrected chi connectivity index (χ2v) is 7.07. The van der Waals surface area contributed by atoms with E-state index in [9.17, 15) is 13.2 Å². The first-order chi connectivity index (χ1) is 9.92. The summed E-state index contributed by atoms with van der Waals surface area (Å²) in [5.74, 6) is 0.0684. The van der Waals surface area contributed by atoms with E-state index in [0.29, 0.717) is 13.1 Å². The summed E-state index contributed by atoms with van der Waals surface area (Å²) in [6, 6.07) is 8.14. The zero-order valence-electron chi connectivity index (χ0n) is 12.3. The Bertz CT molecular complexity index is 587. The van der Waals surface area contributed by atoms with Gasteiger partial charge in [0.05, 0.1) is 10.9 Å². The van der Waals surface area contributed by atoms with Crippen molar-refractivity contribution < 1.29 is 13.2 Å². The molecule has 1 N–H and O–H groups in total. The monoisotopic (exact) mass is 311 g/mol. The van der Waals surface area contributed by atoms with E-state index in [1.807, 2.05) is 19.0 Å². The van der Waals surface area contributed by atoms with Crippen molar-refractivity contribution in [2.75, 3.05) is 33.7 Å². The molecule has 1 aliphatic heterocycles. The van der Waals surface area contributed by atoms with Gasteiger partial charge in [0.15, 0.2) is 0 Å². The van der Waals surface area contributed by atoms with Gasteiger partial charge in [-0.05, 0) is 32.6 Å². The third-order valence-corrected chi connectivity index (χ3v) is 5.10. The highest BCUT2D eigenvalue weighted by atomic mass is 32.2. The Balaban J connectivity index is 1.87. The quantitative estimate of drug-likeness (QED) is 0.810. The van der Waals surface area contributed by atoms with Gasteiger partial charge in [0, 0.05) is 19.6 Å². The predicted molar refractivity (Wildman–Crippen MR) is 80.3 cm³/mol. The van der Waals surface area contributed by atoms with Gasteiger partial charge in [-0.2, -0.15) is 0 Å². The summed E-state index contributed by atoms with van der Waals surface area (Å²) in [6.45, 7) is 1.30. The highest BCUT2D eigenvalue weighted by Gasteiger charge is 2.32. The maximum atomic E-state index is 12.1. The van der Waals surface area contributed by atoms with Gasteiger partial charge in [0.1, 0.15) is 0 Å². The summed E-state index contributed by atoms with van der Waals surface area (Å²) >= 11 is 0.